The predicted molar refractivity (Wildman–Crippen MR) is 97.2 cm³/mol. The number of fused-ring (bicyclic) bond motifs is 3. The Labute approximate surface area is 151 Å². The van der Waals surface area contributed by atoms with Gasteiger partial charge in [0.1, 0.15) is 40.3 Å². The van der Waals surface area contributed by atoms with Crippen LogP contribution >= 0.6 is 0 Å². The molecule has 0 saturated carbocycles. The van der Waals surface area contributed by atoms with Gasteiger partial charge in [0.25, 0.3) is 0 Å². The number of ether oxygens (including phenoxy) is 3. The first kappa shape index (κ1) is 16.5. The summed E-state index contributed by atoms with van der Waals surface area (Å²) in [5.41, 5.74) is 1.30. The van der Waals surface area contributed by atoms with Gasteiger partial charge in [-0.05, 0) is 43.7 Å². The molecule has 0 aliphatic carbocycles. The summed E-state index contributed by atoms with van der Waals surface area (Å²) in [6, 6.07) is 8.93. The molecule has 2 aromatic rings. The third kappa shape index (κ3) is 2.69. The molecule has 1 N–H and O–H groups in total. The summed E-state index contributed by atoms with van der Waals surface area (Å²) in [6.45, 7) is 3.85. The first-order valence-electron chi connectivity index (χ1n) is 8.50. The summed E-state index contributed by atoms with van der Waals surface area (Å²) in [5, 5.41) is 10.4. The highest BCUT2D eigenvalue weighted by molar-refractivity contribution is 6.04. The molecule has 2 heterocycles. The van der Waals surface area contributed by atoms with Crippen molar-refractivity contribution in [3.63, 3.8) is 0 Å². The highest BCUT2D eigenvalue weighted by Crippen LogP contribution is 2.48. The number of rotatable bonds is 2. The van der Waals surface area contributed by atoms with Gasteiger partial charge >= 0.3 is 0 Å². The van der Waals surface area contributed by atoms with Gasteiger partial charge in [0.15, 0.2) is 5.78 Å². The number of phenols is 1. The average Bonchev–Trinajstić information content (AvgIpc) is 2.60. The number of benzene rings is 2. The lowest BCUT2D eigenvalue weighted by molar-refractivity contribution is 0.0841. The van der Waals surface area contributed by atoms with Crippen LogP contribution in [0.5, 0.6) is 23.0 Å². The zero-order valence-electron chi connectivity index (χ0n) is 14.9. The van der Waals surface area contributed by atoms with Crippen LogP contribution in [0.3, 0.4) is 0 Å². The smallest absolute Gasteiger partial charge is 0.174 e. The molecule has 1 atom stereocenters. The standard InChI is InChI=1S/C21H20O5/c1-21(2)9-8-14-18(26-21)11-16(23)19-15(22)10-17(25-20(14)19)12-4-6-13(24-3)7-5-12/h4-9,11,17,23H,10H2,1-3H3. The first-order valence-corrected chi connectivity index (χ1v) is 8.50. The molecule has 2 aliphatic heterocycles. The molecule has 5 nitrogen and oxygen atoms in total. The van der Waals surface area contributed by atoms with Gasteiger partial charge in [0.05, 0.1) is 19.1 Å². The van der Waals surface area contributed by atoms with Gasteiger partial charge in [-0.2, -0.15) is 0 Å². The molecule has 134 valence electrons. The number of methoxy groups -OCH3 is 1. The SMILES string of the molecule is COc1ccc(C2CC(=O)c3c(O)cc4c(c3O2)C=CC(C)(C)O4)cc1. The minimum atomic E-state index is -0.484. The van der Waals surface area contributed by atoms with E-state index in [-0.39, 0.29) is 23.5 Å². The summed E-state index contributed by atoms with van der Waals surface area (Å²) in [4.78, 5) is 12.7. The number of carbonyl (C=O) groups is 1. The van der Waals surface area contributed by atoms with Crippen molar-refractivity contribution >= 4 is 11.9 Å². The lowest BCUT2D eigenvalue weighted by Crippen LogP contribution is -2.29. The summed E-state index contributed by atoms with van der Waals surface area (Å²) >= 11 is 0. The Hall–Kier alpha value is -2.95. The van der Waals surface area contributed by atoms with E-state index < -0.39 is 11.7 Å². The van der Waals surface area contributed by atoms with Crippen molar-refractivity contribution in [1.29, 1.82) is 0 Å². The Kier molecular flexibility index (Phi) is 3.68. The lowest BCUT2D eigenvalue weighted by atomic mass is 9.91. The van der Waals surface area contributed by atoms with Crippen LogP contribution in [-0.4, -0.2) is 23.6 Å². The van der Waals surface area contributed by atoms with Crippen molar-refractivity contribution in [1.82, 2.24) is 0 Å². The third-order valence-electron chi connectivity index (χ3n) is 4.68. The molecule has 4 rings (SSSR count). The number of aromatic hydroxyl groups is 1. The first-order chi connectivity index (χ1) is 12.4. The minimum Gasteiger partial charge on any atom is -0.507 e. The van der Waals surface area contributed by atoms with Crippen molar-refractivity contribution in [2.24, 2.45) is 0 Å². The lowest BCUT2D eigenvalue weighted by Gasteiger charge is -2.32. The molecular formula is C21H20O5. The molecule has 0 aromatic heterocycles. The number of hydrogen-bond acceptors (Lipinski definition) is 5. The third-order valence-corrected chi connectivity index (χ3v) is 4.68. The van der Waals surface area contributed by atoms with Gasteiger partial charge in [-0.1, -0.05) is 12.1 Å². The van der Waals surface area contributed by atoms with Crippen LogP contribution in [0.1, 0.15) is 47.9 Å². The van der Waals surface area contributed by atoms with Crippen molar-refractivity contribution < 1.29 is 24.1 Å². The number of carbonyl (C=O) groups excluding carboxylic acids is 1. The summed E-state index contributed by atoms with van der Waals surface area (Å²) < 4.78 is 17.3. The van der Waals surface area contributed by atoms with Crippen LogP contribution in [0.4, 0.5) is 0 Å². The van der Waals surface area contributed by atoms with Gasteiger partial charge in [-0.3, -0.25) is 4.79 Å². The largest absolute Gasteiger partial charge is 0.507 e. The molecular weight excluding hydrogens is 332 g/mol. The van der Waals surface area contributed by atoms with Crippen LogP contribution in [0.2, 0.25) is 0 Å². The van der Waals surface area contributed by atoms with E-state index in [1.165, 1.54) is 6.07 Å². The van der Waals surface area contributed by atoms with E-state index in [0.29, 0.717) is 17.1 Å². The second-order valence-electron chi connectivity index (χ2n) is 7.06. The zero-order chi connectivity index (χ0) is 18.5. The van der Waals surface area contributed by atoms with Crippen LogP contribution in [-0.2, 0) is 0 Å². The van der Waals surface area contributed by atoms with Gasteiger partial charge in [0, 0.05) is 6.07 Å². The van der Waals surface area contributed by atoms with Crippen molar-refractivity contribution in [2.45, 2.75) is 32.0 Å². The summed E-state index contributed by atoms with van der Waals surface area (Å²) in [6.07, 6.45) is 3.55. The molecule has 2 aromatic carbocycles. The number of phenolic OH excluding ortho intramolecular Hbond substituents is 1. The summed E-state index contributed by atoms with van der Waals surface area (Å²) in [7, 11) is 1.61. The normalized spacial score (nSPS) is 19.8. The van der Waals surface area contributed by atoms with E-state index in [4.69, 9.17) is 14.2 Å². The maximum absolute atomic E-state index is 12.7. The van der Waals surface area contributed by atoms with Gasteiger partial charge in [-0.25, -0.2) is 0 Å². The fraction of sp³-hybridized carbons (Fsp3) is 0.286. The van der Waals surface area contributed by atoms with Gasteiger partial charge in [-0.15, -0.1) is 0 Å². The Bertz CT molecular complexity index is 909. The van der Waals surface area contributed by atoms with Gasteiger partial charge < -0.3 is 19.3 Å². The second-order valence-corrected chi connectivity index (χ2v) is 7.06. The van der Waals surface area contributed by atoms with Crippen molar-refractivity contribution in [2.75, 3.05) is 7.11 Å². The molecule has 0 saturated heterocycles. The molecule has 0 bridgehead atoms. The zero-order valence-corrected chi connectivity index (χ0v) is 14.9. The average molecular weight is 352 g/mol. The molecule has 2 aliphatic rings. The van der Waals surface area contributed by atoms with Crippen LogP contribution in [0.15, 0.2) is 36.4 Å². The topological polar surface area (TPSA) is 65.0 Å². The predicted octanol–water partition coefficient (Wildman–Crippen LogP) is 4.29. The fourth-order valence-corrected chi connectivity index (χ4v) is 3.33. The summed E-state index contributed by atoms with van der Waals surface area (Å²) in [5.74, 6) is 1.37. The minimum absolute atomic E-state index is 0.108. The van der Waals surface area contributed by atoms with E-state index in [0.717, 1.165) is 11.3 Å². The van der Waals surface area contributed by atoms with E-state index in [9.17, 15) is 9.90 Å². The molecule has 1 unspecified atom stereocenters. The Morgan fingerprint density at radius 1 is 1.23 bits per heavy atom. The Morgan fingerprint density at radius 2 is 1.96 bits per heavy atom. The molecule has 0 amide bonds. The van der Waals surface area contributed by atoms with Crippen LogP contribution in [0, 0.1) is 0 Å². The van der Waals surface area contributed by atoms with E-state index in [1.807, 2.05) is 50.3 Å². The fourth-order valence-electron chi connectivity index (χ4n) is 3.33. The van der Waals surface area contributed by atoms with E-state index in [1.54, 1.807) is 7.11 Å². The molecule has 0 fully saturated rings. The van der Waals surface area contributed by atoms with E-state index in [2.05, 4.69) is 0 Å². The van der Waals surface area contributed by atoms with Crippen LogP contribution < -0.4 is 14.2 Å². The van der Waals surface area contributed by atoms with Crippen molar-refractivity contribution in [3.05, 3.63) is 53.1 Å². The number of hydrogen-bond donors (Lipinski definition) is 1. The Morgan fingerprint density at radius 3 is 2.65 bits per heavy atom. The molecule has 0 radical (unpaired) electrons. The van der Waals surface area contributed by atoms with Gasteiger partial charge in [0.2, 0.25) is 0 Å². The molecule has 0 spiro atoms. The maximum Gasteiger partial charge on any atom is 0.174 e. The maximum atomic E-state index is 12.7. The Balaban J connectivity index is 1.77. The second kappa shape index (κ2) is 5.80. The monoisotopic (exact) mass is 352 g/mol. The van der Waals surface area contributed by atoms with Crippen molar-refractivity contribution in [3.8, 4) is 23.0 Å². The highest BCUT2D eigenvalue weighted by atomic mass is 16.5. The van der Waals surface area contributed by atoms with E-state index >= 15 is 0 Å². The highest BCUT2D eigenvalue weighted by Gasteiger charge is 2.35. The molecule has 5 heteroatoms. The number of ketones is 1. The molecule has 26 heavy (non-hydrogen) atoms. The quantitative estimate of drug-likeness (QED) is 0.873. The van der Waals surface area contributed by atoms with Crippen LogP contribution in [0.25, 0.3) is 6.08 Å². The number of Topliss-reactive ketones (excluding diaryl/α,β-unsaturated/α-hetero) is 1.